The molecule has 2 unspecified atom stereocenters. The molecule has 7 nitrogen and oxygen atoms in total. The molecule has 0 heterocycles. The van der Waals surface area contributed by atoms with Gasteiger partial charge in [-0.1, -0.05) is 98.3 Å². The third kappa shape index (κ3) is 26.8. The lowest BCUT2D eigenvalue weighted by Gasteiger charge is -2.26. The highest BCUT2D eigenvalue weighted by atomic mass is 16.7. The van der Waals surface area contributed by atoms with E-state index in [-0.39, 0.29) is 12.1 Å². The van der Waals surface area contributed by atoms with Crippen molar-refractivity contribution in [2.45, 2.75) is 176 Å². The van der Waals surface area contributed by atoms with E-state index in [0.29, 0.717) is 38.1 Å². The van der Waals surface area contributed by atoms with Crippen molar-refractivity contribution in [2.75, 3.05) is 39.4 Å². The van der Waals surface area contributed by atoms with Gasteiger partial charge in [-0.2, -0.15) is 0 Å². The summed E-state index contributed by atoms with van der Waals surface area (Å²) in [5.74, 6) is 0.464. The monoisotopic (exact) mass is 613 g/mol. The second kappa shape index (κ2) is 30.7. The van der Waals surface area contributed by atoms with E-state index < -0.39 is 6.16 Å². The van der Waals surface area contributed by atoms with Crippen LogP contribution in [0.25, 0.3) is 0 Å². The molecule has 0 saturated heterocycles. The first-order valence-electron chi connectivity index (χ1n) is 18.3. The van der Waals surface area contributed by atoms with Crippen molar-refractivity contribution in [2.24, 2.45) is 5.92 Å². The van der Waals surface area contributed by atoms with Gasteiger partial charge in [-0.25, -0.2) is 4.79 Å². The Kier molecular flexibility index (Phi) is 29.7. The number of unbranched alkanes of at least 4 members (excludes halogenated alkanes) is 10. The third-order valence-corrected chi connectivity index (χ3v) is 8.37. The zero-order valence-electron chi connectivity index (χ0n) is 29.4. The number of rotatable bonds is 31. The number of nitrogens with zero attached hydrogens (tertiary/aromatic N) is 1. The summed E-state index contributed by atoms with van der Waals surface area (Å²) in [6, 6.07) is 0.398. The van der Waals surface area contributed by atoms with Crippen LogP contribution in [-0.4, -0.2) is 68.6 Å². The SMILES string of the molecule is CCCCCCC(CCCC)COC(=O)CCCCCCC(CCCCCC)OC(=O)OCCN(CCNCC)C(C)C. The molecule has 0 aliphatic carbocycles. The summed E-state index contributed by atoms with van der Waals surface area (Å²) in [6.45, 7) is 17.6. The molecule has 0 spiro atoms. The predicted molar refractivity (Wildman–Crippen MR) is 181 cm³/mol. The van der Waals surface area contributed by atoms with Crippen LogP contribution in [0.1, 0.15) is 164 Å². The van der Waals surface area contributed by atoms with Crippen molar-refractivity contribution in [1.82, 2.24) is 10.2 Å². The maximum Gasteiger partial charge on any atom is 0.508 e. The quantitative estimate of drug-likeness (QED) is 0.0617. The van der Waals surface area contributed by atoms with Crippen LogP contribution in [0, 0.1) is 5.92 Å². The first-order valence-corrected chi connectivity index (χ1v) is 18.3. The molecule has 43 heavy (non-hydrogen) atoms. The van der Waals surface area contributed by atoms with Crippen LogP contribution < -0.4 is 5.32 Å². The Morgan fingerprint density at radius 2 is 1.26 bits per heavy atom. The van der Waals surface area contributed by atoms with Crippen LogP contribution in [0.4, 0.5) is 4.79 Å². The van der Waals surface area contributed by atoms with E-state index in [1.54, 1.807) is 0 Å². The van der Waals surface area contributed by atoms with E-state index >= 15 is 0 Å². The van der Waals surface area contributed by atoms with Crippen LogP contribution in [0.2, 0.25) is 0 Å². The average molecular weight is 613 g/mol. The summed E-state index contributed by atoms with van der Waals surface area (Å²) in [4.78, 5) is 27.2. The van der Waals surface area contributed by atoms with Crippen LogP contribution in [0.5, 0.6) is 0 Å². The highest BCUT2D eigenvalue weighted by Crippen LogP contribution is 2.19. The molecular weight excluding hydrogens is 540 g/mol. The second-order valence-corrected chi connectivity index (χ2v) is 12.7. The van der Waals surface area contributed by atoms with Gasteiger partial charge >= 0.3 is 12.1 Å². The second-order valence-electron chi connectivity index (χ2n) is 12.7. The lowest BCUT2D eigenvalue weighted by molar-refractivity contribution is -0.145. The van der Waals surface area contributed by atoms with Crippen molar-refractivity contribution < 1.29 is 23.8 Å². The zero-order valence-corrected chi connectivity index (χ0v) is 29.4. The minimum absolute atomic E-state index is 0.0485. The molecular formula is C36H72N2O5. The molecule has 0 amide bonds. The molecule has 0 aromatic carbocycles. The van der Waals surface area contributed by atoms with Gasteiger partial charge in [0, 0.05) is 32.1 Å². The lowest BCUT2D eigenvalue weighted by Crippen LogP contribution is -2.39. The molecule has 1 N–H and O–H groups in total. The number of hydrogen-bond acceptors (Lipinski definition) is 7. The first kappa shape index (κ1) is 41.7. The Hall–Kier alpha value is -1.34. The number of nitrogens with one attached hydrogen (secondary N) is 1. The number of ether oxygens (including phenoxy) is 3. The van der Waals surface area contributed by atoms with E-state index in [1.807, 2.05) is 0 Å². The molecule has 0 aromatic heterocycles. The molecule has 0 saturated carbocycles. The maximum absolute atomic E-state index is 12.5. The Morgan fingerprint density at radius 3 is 1.86 bits per heavy atom. The first-order chi connectivity index (χ1) is 20.9. The van der Waals surface area contributed by atoms with Gasteiger partial charge in [0.05, 0.1) is 6.61 Å². The van der Waals surface area contributed by atoms with E-state index in [2.05, 4.69) is 51.8 Å². The predicted octanol–water partition coefficient (Wildman–Crippen LogP) is 9.46. The highest BCUT2D eigenvalue weighted by molar-refractivity contribution is 5.69. The van der Waals surface area contributed by atoms with Gasteiger partial charge in [-0.05, 0) is 71.3 Å². The van der Waals surface area contributed by atoms with Crippen LogP contribution in [0.3, 0.4) is 0 Å². The van der Waals surface area contributed by atoms with Gasteiger partial charge in [-0.3, -0.25) is 9.69 Å². The molecule has 256 valence electrons. The van der Waals surface area contributed by atoms with E-state index in [4.69, 9.17) is 14.2 Å². The van der Waals surface area contributed by atoms with Crippen molar-refractivity contribution >= 4 is 12.1 Å². The third-order valence-electron chi connectivity index (χ3n) is 8.37. The molecule has 0 aromatic rings. The van der Waals surface area contributed by atoms with E-state index in [0.717, 1.165) is 71.0 Å². The summed E-state index contributed by atoms with van der Waals surface area (Å²) in [5.41, 5.74) is 0. The summed E-state index contributed by atoms with van der Waals surface area (Å²) in [6.07, 6.45) is 19.9. The minimum Gasteiger partial charge on any atom is -0.465 e. The average Bonchev–Trinajstić information content (AvgIpc) is 2.99. The standard InChI is InChI=1S/C36H72N2O5/c1-7-11-14-18-23-33(22-13-9-3)31-42-35(39)26-21-17-16-20-25-34(24-19-15-12-8-2)43-36(40)41-30-29-38(32(5)6)28-27-37-10-4/h32-34,37H,7-31H2,1-6H3. The fraction of sp³-hybridized carbons (Fsp3) is 0.944. The Balaban J connectivity index is 4.36. The summed E-state index contributed by atoms with van der Waals surface area (Å²) in [5, 5.41) is 3.35. The van der Waals surface area contributed by atoms with Crippen molar-refractivity contribution in [3.8, 4) is 0 Å². The smallest absolute Gasteiger partial charge is 0.465 e. The Labute approximate surface area is 266 Å². The summed E-state index contributed by atoms with van der Waals surface area (Å²) >= 11 is 0. The Morgan fingerprint density at radius 1 is 0.674 bits per heavy atom. The molecule has 0 radical (unpaired) electrons. The number of likely N-dealkylation sites (N-methyl/N-ethyl adjacent to an activating group) is 1. The Bertz CT molecular complexity index is 631. The van der Waals surface area contributed by atoms with E-state index in [9.17, 15) is 9.59 Å². The van der Waals surface area contributed by atoms with Gasteiger partial charge in [0.15, 0.2) is 0 Å². The molecule has 0 fully saturated rings. The van der Waals surface area contributed by atoms with Gasteiger partial charge < -0.3 is 19.5 Å². The van der Waals surface area contributed by atoms with Crippen molar-refractivity contribution in [1.29, 1.82) is 0 Å². The number of esters is 1. The molecule has 0 aliphatic rings. The number of carbonyl (C=O) groups excluding carboxylic acids is 2. The normalized spacial score (nSPS) is 12.9. The molecule has 0 rings (SSSR count). The zero-order chi connectivity index (χ0) is 32.0. The highest BCUT2D eigenvalue weighted by Gasteiger charge is 2.17. The summed E-state index contributed by atoms with van der Waals surface area (Å²) < 4.78 is 16.9. The summed E-state index contributed by atoms with van der Waals surface area (Å²) in [7, 11) is 0. The maximum atomic E-state index is 12.5. The van der Waals surface area contributed by atoms with Gasteiger partial charge in [0.1, 0.15) is 12.7 Å². The minimum atomic E-state index is -0.541. The number of carbonyl (C=O) groups is 2. The molecule has 0 bridgehead atoms. The van der Waals surface area contributed by atoms with Crippen molar-refractivity contribution in [3.05, 3.63) is 0 Å². The topological polar surface area (TPSA) is 77.1 Å². The van der Waals surface area contributed by atoms with Gasteiger partial charge in [0.2, 0.25) is 0 Å². The van der Waals surface area contributed by atoms with Crippen molar-refractivity contribution in [3.63, 3.8) is 0 Å². The van der Waals surface area contributed by atoms with Gasteiger partial charge in [-0.15, -0.1) is 0 Å². The van der Waals surface area contributed by atoms with Crippen LogP contribution in [-0.2, 0) is 19.0 Å². The lowest BCUT2D eigenvalue weighted by atomic mass is 9.96. The largest absolute Gasteiger partial charge is 0.508 e. The molecule has 2 atom stereocenters. The fourth-order valence-corrected chi connectivity index (χ4v) is 5.45. The van der Waals surface area contributed by atoms with E-state index in [1.165, 1.54) is 64.2 Å². The van der Waals surface area contributed by atoms with Gasteiger partial charge in [0.25, 0.3) is 0 Å². The number of hydrogen-bond donors (Lipinski definition) is 1. The molecule has 0 aliphatic heterocycles. The fourth-order valence-electron chi connectivity index (χ4n) is 5.45. The van der Waals surface area contributed by atoms with Crippen LogP contribution >= 0.6 is 0 Å². The van der Waals surface area contributed by atoms with Crippen LogP contribution in [0.15, 0.2) is 0 Å². The molecule has 7 heteroatoms.